The number of amides is 1. The van der Waals surface area contributed by atoms with Crippen molar-refractivity contribution >= 4 is 5.91 Å². The zero-order valence-electron chi connectivity index (χ0n) is 15.2. The van der Waals surface area contributed by atoms with Gasteiger partial charge in [-0.25, -0.2) is 9.97 Å². The molecule has 1 atom stereocenters. The van der Waals surface area contributed by atoms with Gasteiger partial charge in [-0.1, -0.05) is 6.42 Å². The fourth-order valence-electron chi connectivity index (χ4n) is 3.54. The number of hydrogen-bond donors (Lipinski definition) is 0. The van der Waals surface area contributed by atoms with E-state index in [1.54, 1.807) is 12.4 Å². The van der Waals surface area contributed by atoms with Crippen LogP contribution >= 0.6 is 0 Å². The lowest BCUT2D eigenvalue weighted by atomic mass is 9.86. The molecule has 3 heterocycles. The van der Waals surface area contributed by atoms with E-state index >= 15 is 0 Å². The van der Waals surface area contributed by atoms with Gasteiger partial charge in [0.1, 0.15) is 5.69 Å². The van der Waals surface area contributed by atoms with E-state index in [0.717, 1.165) is 30.5 Å². The number of aromatic nitrogens is 4. The summed E-state index contributed by atoms with van der Waals surface area (Å²) in [6, 6.07) is 0. The van der Waals surface area contributed by atoms with Gasteiger partial charge in [0.25, 0.3) is 5.91 Å². The van der Waals surface area contributed by atoms with Crippen LogP contribution in [0.2, 0.25) is 0 Å². The topological polar surface area (TPSA) is 73.1 Å². The number of hydrogen-bond acceptors (Lipinski definition) is 5. The minimum Gasteiger partial charge on any atom is -0.381 e. The summed E-state index contributed by atoms with van der Waals surface area (Å²) in [4.78, 5) is 27.5. The zero-order valence-corrected chi connectivity index (χ0v) is 15.2. The molecule has 0 spiro atoms. The molecule has 138 valence electrons. The molecule has 1 aliphatic heterocycles. The Bertz CT molecular complexity index is 754. The fraction of sp³-hybridized carbons (Fsp3) is 0.579. The van der Waals surface area contributed by atoms with Gasteiger partial charge in [-0.15, -0.1) is 0 Å². The van der Waals surface area contributed by atoms with Crippen molar-refractivity contribution in [1.29, 1.82) is 0 Å². The lowest BCUT2D eigenvalue weighted by Gasteiger charge is -2.27. The Morgan fingerprint density at radius 2 is 2.00 bits per heavy atom. The normalized spacial score (nSPS) is 20.3. The summed E-state index contributed by atoms with van der Waals surface area (Å²) < 4.78 is 8.10. The number of aryl methyl sites for hydroxylation is 1. The molecule has 0 unspecified atom stereocenters. The summed E-state index contributed by atoms with van der Waals surface area (Å²) in [6.45, 7) is 5.38. The van der Waals surface area contributed by atoms with Crippen LogP contribution in [0.1, 0.15) is 41.1 Å². The largest absolute Gasteiger partial charge is 0.381 e. The van der Waals surface area contributed by atoms with Crippen LogP contribution in [0.5, 0.6) is 0 Å². The molecule has 0 radical (unpaired) electrons. The average Bonchev–Trinajstić information content (AvgIpc) is 2.95. The molecule has 4 rings (SSSR count). The van der Waals surface area contributed by atoms with Gasteiger partial charge in [0.05, 0.1) is 37.1 Å². The molecule has 0 saturated heterocycles. The maximum atomic E-state index is 12.9. The molecule has 1 aliphatic carbocycles. The van der Waals surface area contributed by atoms with Crippen molar-refractivity contribution in [3.05, 3.63) is 42.0 Å². The number of carbonyl (C=O) groups excluding carboxylic acids is 1. The molecule has 0 aromatic carbocycles. The van der Waals surface area contributed by atoms with E-state index in [0.29, 0.717) is 25.4 Å². The second-order valence-corrected chi connectivity index (χ2v) is 7.47. The Morgan fingerprint density at radius 1 is 1.15 bits per heavy atom. The molecule has 1 saturated carbocycles. The van der Waals surface area contributed by atoms with Crippen LogP contribution < -0.4 is 0 Å². The van der Waals surface area contributed by atoms with Crippen molar-refractivity contribution in [3.8, 4) is 0 Å². The highest BCUT2D eigenvalue weighted by molar-refractivity contribution is 5.92. The number of nitrogens with zero attached hydrogens (tertiary/aromatic N) is 5. The molecule has 1 fully saturated rings. The van der Waals surface area contributed by atoms with Gasteiger partial charge in [0, 0.05) is 38.0 Å². The highest BCUT2D eigenvalue weighted by Crippen LogP contribution is 2.26. The quantitative estimate of drug-likeness (QED) is 0.821. The van der Waals surface area contributed by atoms with Crippen LogP contribution in [-0.2, 0) is 17.8 Å². The first kappa shape index (κ1) is 17.1. The minimum atomic E-state index is -0.0869. The average molecular weight is 355 g/mol. The van der Waals surface area contributed by atoms with Crippen LogP contribution in [0, 0.1) is 18.8 Å². The first-order valence-corrected chi connectivity index (χ1v) is 9.33. The predicted octanol–water partition coefficient (Wildman–Crippen LogP) is 2.07. The van der Waals surface area contributed by atoms with Crippen molar-refractivity contribution in [1.82, 2.24) is 24.4 Å². The summed E-state index contributed by atoms with van der Waals surface area (Å²) in [7, 11) is 0. The van der Waals surface area contributed by atoms with E-state index in [2.05, 4.69) is 19.5 Å². The van der Waals surface area contributed by atoms with Crippen molar-refractivity contribution in [2.75, 3.05) is 19.8 Å². The van der Waals surface area contributed by atoms with Crippen LogP contribution in [0.3, 0.4) is 0 Å². The Hall–Kier alpha value is -2.28. The summed E-state index contributed by atoms with van der Waals surface area (Å²) >= 11 is 0. The van der Waals surface area contributed by atoms with E-state index in [9.17, 15) is 4.79 Å². The summed E-state index contributed by atoms with van der Waals surface area (Å²) in [5.74, 6) is 0.883. The molecule has 2 aliphatic rings. The lowest BCUT2D eigenvalue weighted by molar-refractivity contribution is 0.0345. The molecular formula is C19H25N5O2. The molecule has 7 nitrogen and oxygen atoms in total. The van der Waals surface area contributed by atoms with Gasteiger partial charge in [-0.05, 0) is 25.7 Å². The SMILES string of the molecule is Cc1cnc(C(=O)N2Cc3cncn3C[C@@H](COCC3CCC3)C2)cn1. The van der Waals surface area contributed by atoms with E-state index < -0.39 is 0 Å². The first-order valence-electron chi connectivity index (χ1n) is 9.33. The van der Waals surface area contributed by atoms with Gasteiger partial charge < -0.3 is 14.2 Å². The number of imidazole rings is 1. The van der Waals surface area contributed by atoms with E-state index in [4.69, 9.17) is 4.74 Å². The molecule has 0 bridgehead atoms. The van der Waals surface area contributed by atoms with Gasteiger partial charge in [-0.3, -0.25) is 9.78 Å². The Morgan fingerprint density at radius 3 is 2.73 bits per heavy atom. The second-order valence-electron chi connectivity index (χ2n) is 7.47. The van der Waals surface area contributed by atoms with Crippen LogP contribution in [0.25, 0.3) is 0 Å². The third-order valence-electron chi connectivity index (χ3n) is 5.30. The van der Waals surface area contributed by atoms with Crippen LogP contribution in [0.15, 0.2) is 24.9 Å². The third kappa shape index (κ3) is 3.77. The Labute approximate surface area is 153 Å². The van der Waals surface area contributed by atoms with Crippen molar-refractivity contribution in [2.45, 2.75) is 39.3 Å². The lowest BCUT2D eigenvalue weighted by Crippen LogP contribution is -2.36. The minimum absolute atomic E-state index is 0.0869. The van der Waals surface area contributed by atoms with Gasteiger partial charge in [0.15, 0.2) is 0 Å². The maximum Gasteiger partial charge on any atom is 0.274 e. The predicted molar refractivity (Wildman–Crippen MR) is 95.4 cm³/mol. The van der Waals surface area contributed by atoms with E-state index in [1.807, 2.05) is 24.3 Å². The highest BCUT2D eigenvalue weighted by atomic mass is 16.5. The van der Waals surface area contributed by atoms with Gasteiger partial charge in [0.2, 0.25) is 0 Å². The van der Waals surface area contributed by atoms with E-state index in [-0.39, 0.29) is 11.8 Å². The Kier molecular flexibility index (Phi) is 4.97. The summed E-state index contributed by atoms with van der Waals surface area (Å²) in [5.41, 5.74) is 2.23. The number of rotatable bonds is 5. The maximum absolute atomic E-state index is 12.9. The molecule has 2 aromatic heterocycles. The third-order valence-corrected chi connectivity index (χ3v) is 5.30. The molecule has 2 aromatic rings. The molecule has 7 heteroatoms. The van der Waals surface area contributed by atoms with Crippen molar-refractivity contribution < 1.29 is 9.53 Å². The number of fused-ring (bicyclic) bond motifs is 1. The first-order chi connectivity index (χ1) is 12.7. The van der Waals surface area contributed by atoms with Gasteiger partial charge in [-0.2, -0.15) is 0 Å². The van der Waals surface area contributed by atoms with E-state index in [1.165, 1.54) is 19.3 Å². The number of ether oxygens (including phenoxy) is 1. The molecule has 0 N–H and O–H groups in total. The Balaban J connectivity index is 1.46. The fourth-order valence-corrected chi connectivity index (χ4v) is 3.54. The summed E-state index contributed by atoms with van der Waals surface area (Å²) in [5, 5.41) is 0. The zero-order chi connectivity index (χ0) is 17.9. The second kappa shape index (κ2) is 7.53. The van der Waals surface area contributed by atoms with Gasteiger partial charge >= 0.3 is 0 Å². The standard InChI is InChI=1S/C19H25N5O2/c1-14-5-22-18(7-21-14)19(25)23-8-16(12-26-11-15-3-2-4-15)9-24-13-20-6-17(24)10-23/h5-7,13,15-16H,2-4,8-12H2,1H3/t16-/m0/s1. The smallest absolute Gasteiger partial charge is 0.274 e. The monoisotopic (exact) mass is 355 g/mol. The number of carbonyl (C=O) groups is 1. The van der Waals surface area contributed by atoms with Crippen LogP contribution in [0.4, 0.5) is 0 Å². The summed E-state index contributed by atoms with van der Waals surface area (Å²) in [6.07, 6.45) is 10.8. The van der Waals surface area contributed by atoms with Crippen molar-refractivity contribution in [3.63, 3.8) is 0 Å². The molecule has 1 amide bonds. The molecular weight excluding hydrogens is 330 g/mol. The van der Waals surface area contributed by atoms with Crippen LogP contribution in [-0.4, -0.2) is 50.1 Å². The molecule has 26 heavy (non-hydrogen) atoms. The highest BCUT2D eigenvalue weighted by Gasteiger charge is 2.27. The van der Waals surface area contributed by atoms with Crippen molar-refractivity contribution in [2.24, 2.45) is 11.8 Å².